The minimum Gasteiger partial charge on any atom is -0.508 e. The van der Waals surface area contributed by atoms with E-state index in [1.54, 1.807) is 6.07 Å². The number of aromatic hydroxyl groups is 1. The zero-order valence-corrected chi connectivity index (χ0v) is 14.1. The van der Waals surface area contributed by atoms with Crippen LogP contribution in [0.1, 0.15) is 44.4 Å². The Hall–Kier alpha value is -2.01. The van der Waals surface area contributed by atoms with Gasteiger partial charge in [0.2, 0.25) is 0 Å². The van der Waals surface area contributed by atoms with Gasteiger partial charge in [0.15, 0.2) is 0 Å². The number of phenolic OH excluding ortho intramolecular Hbond substituents is 1. The molecular formula is C18H26N2O3. The molecule has 1 aliphatic carbocycles. The van der Waals surface area contributed by atoms with Crippen molar-refractivity contribution in [2.75, 3.05) is 13.1 Å². The molecule has 1 atom stereocenters. The summed E-state index contributed by atoms with van der Waals surface area (Å²) in [6, 6.07) is 5.90. The molecule has 1 aromatic rings. The van der Waals surface area contributed by atoms with Crippen molar-refractivity contribution >= 4 is 6.09 Å². The van der Waals surface area contributed by atoms with E-state index in [-0.39, 0.29) is 0 Å². The Morgan fingerprint density at radius 1 is 1.35 bits per heavy atom. The van der Waals surface area contributed by atoms with E-state index in [1.807, 2.05) is 45.1 Å². The Morgan fingerprint density at radius 3 is 2.83 bits per heavy atom. The normalized spacial score (nSPS) is 17.3. The predicted molar refractivity (Wildman–Crippen MR) is 90.5 cm³/mol. The average molecular weight is 318 g/mol. The Morgan fingerprint density at radius 2 is 2.09 bits per heavy atom. The molecule has 0 radical (unpaired) electrons. The molecule has 1 aromatic carbocycles. The van der Waals surface area contributed by atoms with Gasteiger partial charge in [0.05, 0.1) is 0 Å². The van der Waals surface area contributed by atoms with Crippen LogP contribution in [0.3, 0.4) is 0 Å². The average Bonchev–Trinajstić information content (AvgIpc) is 2.83. The van der Waals surface area contributed by atoms with Crippen LogP contribution in [0, 0.1) is 0 Å². The van der Waals surface area contributed by atoms with Crippen LogP contribution >= 0.6 is 0 Å². The molecule has 3 N–H and O–H groups in total. The van der Waals surface area contributed by atoms with Crippen LogP contribution in [0.5, 0.6) is 5.75 Å². The Balaban J connectivity index is 1.68. The first-order chi connectivity index (χ1) is 10.8. The second-order valence-corrected chi connectivity index (χ2v) is 6.74. The lowest BCUT2D eigenvalue weighted by Gasteiger charge is -2.19. The monoisotopic (exact) mass is 318 g/mol. The van der Waals surface area contributed by atoms with Gasteiger partial charge in [0, 0.05) is 19.1 Å². The highest BCUT2D eigenvalue weighted by Gasteiger charge is 2.21. The molecule has 5 heteroatoms. The molecule has 1 unspecified atom stereocenters. The smallest absolute Gasteiger partial charge is 0.407 e. The summed E-state index contributed by atoms with van der Waals surface area (Å²) in [5.74, 6) is 0.331. The van der Waals surface area contributed by atoms with Crippen molar-refractivity contribution in [2.45, 2.75) is 45.3 Å². The number of alkyl carbamates (subject to hydrolysis) is 1. The van der Waals surface area contributed by atoms with Gasteiger partial charge in [-0.05, 0) is 56.9 Å². The van der Waals surface area contributed by atoms with E-state index in [1.165, 1.54) is 11.1 Å². The van der Waals surface area contributed by atoms with E-state index in [4.69, 9.17) is 4.74 Å². The van der Waals surface area contributed by atoms with Gasteiger partial charge in [-0.15, -0.1) is 0 Å². The number of fused-ring (bicyclic) bond motifs is 1. The summed E-state index contributed by atoms with van der Waals surface area (Å²) < 4.78 is 5.15. The van der Waals surface area contributed by atoms with Crippen LogP contribution in [0.15, 0.2) is 30.4 Å². The Bertz CT molecular complexity index is 576. The standard InChI is InChI=1S/C18H26N2O3/c1-18(2,3)23-17(22)20-11-5-4-10-19-16-9-6-13-12-14(21)7-8-15(13)16/h4-5,7-8,12,16,19,21H,6,9-11H2,1-3H3,(H,20,22)/b5-4+. The zero-order valence-electron chi connectivity index (χ0n) is 14.1. The summed E-state index contributed by atoms with van der Waals surface area (Å²) in [6.45, 7) is 6.70. The molecule has 2 rings (SSSR count). The van der Waals surface area contributed by atoms with Crippen molar-refractivity contribution in [1.82, 2.24) is 10.6 Å². The lowest BCUT2D eigenvalue weighted by molar-refractivity contribution is 0.0534. The van der Waals surface area contributed by atoms with Crippen molar-refractivity contribution < 1.29 is 14.6 Å². The first-order valence-corrected chi connectivity index (χ1v) is 8.02. The maximum atomic E-state index is 11.5. The van der Waals surface area contributed by atoms with Crippen molar-refractivity contribution in [3.63, 3.8) is 0 Å². The molecule has 5 nitrogen and oxygen atoms in total. The summed E-state index contributed by atoms with van der Waals surface area (Å²) in [5.41, 5.74) is 2.01. The number of amides is 1. The minimum atomic E-state index is -0.473. The van der Waals surface area contributed by atoms with E-state index in [2.05, 4.69) is 10.6 Å². The first kappa shape index (κ1) is 17.3. The molecule has 0 heterocycles. The summed E-state index contributed by atoms with van der Waals surface area (Å²) in [4.78, 5) is 11.5. The van der Waals surface area contributed by atoms with Crippen LogP contribution in [0.25, 0.3) is 0 Å². The molecular weight excluding hydrogens is 292 g/mol. The van der Waals surface area contributed by atoms with Gasteiger partial charge in [-0.2, -0.15) is 0 Å². The van der Waals surface area contributed by atoms with E-state index < -0.39 is 11.7 Å². The summed E-state index contributed by atoms with van der Waals surface area (Å²) in [5, 5.41) is 15.7. The maximum absolute atomic E-state index is 11.5. The third-order valence-electron chi connectivity index (χ3n) is 3.62. The van der Waals surface area contributed by atoms with Crippen LogP contribution in [0.2, 0.25) is 0 Å². The van der Waals surface area contributed by atoms with Crippen LogP contribution < -0.4 is 10.6 Å². The fourth-order valence-electron chi connectivity index (χ4n) is 2.65. The van der Waals surface area contributed by atoms with Gasteiger partial charge in [-0.3, -0.25) is 0 Å². The van der Waals surface area contributed by atoms with Crippen molar-refractivity contribution in [2.24, 2.45) is 0 Å². The van der Waals surface area contributed by atoms with Crippen LogP contribution in [0.4, 0.5) is 4.79 Å². The maximum Gasteiger partial charge on any atom is 0.407 e. The number of carbonyl (C=O) groups is 1. The van der Waals surface area contributed by atoms with E-state index in [9.17, 15) is 9.90 Å². The molecule has 0 saturated carbocycles. The van der Waals surface area contributed by atoms with Gasteiger partial charge in [0.1, 0.15) is 11.4 Å². The Labute approximate surface area is 137 Å². The lowest BCUT2D eigenvalue weighted by atomic mass is 10.1. The number of phenols is 1. The number of ether oxygens (including phenoxy) is 1. The molecule has 0 spiro atoms. The Kier molecular flexibility index (Phi) is 5.66. The van der Waals surface area contributed by atoms with Gasteiger partial charge in [0.25, 0.3) is 0 Å². The van der Waals surface area contributed by atoms with Gasteiger partial charge in [-0.1, -0.05) is 18.2 Å². The van der Waals surface area contributed by atoms with Gasteiger partial charge >= 0.3 is 6.09 Å². The van der Waals surface area contributed by atoms with Crippen LogP contribution in [-0.2, 0) is 11.2 Å². The lowest BCUT2D eigenvalue weighted by Crippen LogP contribution is -2.32. The molecule has 0 bridgehead atoms. The summed E-state index contributed by atoms with van der Waals surface area (Å²) in [6.07, 6.45) is 5.53. The fraction of sp³-hybridized carbons (Fsp3) is 0.500. The van der Waals surface area contributed by atoms with Crippen LogP contribution in [-0.4, -0.2) is 29.9 Å². The van der Waals surface area contributed by atoms with Crippen molar-refractivity contribution in [3.05, 3.63) is 41.5 Å². The zero-order chi connectivity index (χ0) is 16.9. The molecule has 23 heavy (non-hydrogen) atoms. The number of benzene rings is 1. The number of aryl methyl sites for hydroxylation is 1. The highest BCUT2D eigenvalue weighted by atomic mass is 16.6. The second-order valence-electron chi connectivity index (χ2n) is 6.74. The number of carbonyl (C=O) groups excluding carboxylic acids is 1. The topological polar surface area (TPSA) is 70.6 Å². The summed E-state index contributed by atoms with van der Waals surface area (Å²) >= 11 is 0. The molecule has 1 amide bonds. The molecule has 0 aromatic heterocycles. The van der Waals surface area contributed by atoms with Crippen molar-refractivity contribution in [3.8, 4) is 5.75 Å². The highest BCUT2D eigenvalue weighted by molar-refractivity contribution is 5.67. The van der Waals surface area contributed by atoms with E-state index in [0.29, 0.717) is 18.3 Å². The second kappa shape index (κ2) is 7.51. The van der Waals surface area contributed by atoms with Crippen molar-refractivity contribution in [1.29, 1.82) is 0 Å². The number of hydrogen-bond donors (Lipinski definition) is 3. The largest absolute Gasteiger partial charge is 0.508 e. The molecule has 126 valence electrons. The quantitative estimate of drug-likeness (QED) is 0.730. The molecule has 0 aliphatic heterocycles. The number of rotatable bonds is 5. The number of nitrogens with one attached hydrogen (secondary N) is 2. The first-order valence-electron chi connectivity index (χ1n) is 8.02. The van der Waals surface area contributed by atoms with Gasteiger partial charge < -0.3 is 20.5 Å². The van der Waals surface area contributed by atoms with Gasteiger partial charge in [-0.25, -0.2) is 4.79 Å². The summed E-state index contributed by atoms with van der Waals surface area (Å²) in [7, 11) is 0. The third kappa shape index (κ3) is 5.60. The SMILES string of the molecule is CC(C)(C)OC(=O)NC/C=C/CNC1CCc2cc(O)ccc21. The fourth-order valence-corrected chi connectivity index (χ4v) is 2.65. The minimum absolute atomic E-state index is 0.328. The van der Waals surface area contributed by atoms with E-state index in [0.717, 1.165) is 19.4 Å². The molecule has 0 fully saturated rings. The number of hydrogen-bond acceptors (Lipinski definition) is 4. The molecule has 0 saturated heterocycles. The predicted octanol–water partition coefficient (Wildman–Crippen LogP) is 3.05. The van der Waals surface area contributed by atoms with E-state index >= 15 is 0 Å². The highest BCUT2D eigenvalue weighted by Crippen LogP contribution is 2.32. The third-order valence-corrected chi connectivity index (χ3v) is 3.62. The molecule has 1 aliphatic rings.